The first kappa shape index (κ1) is 15.2. The molecule has 0 saturated heterocycles. The van der Waals surface area contributed by atoms with Gasteiger partial charge >= 0.3 is 5.97 Å². The van der Waals surface area contributed by atoms with E-state index in [4.69, 9.17) is 0 Å². The number of carbonyl (C=O) groups excluding carboxylic acids is 2. The van der Waals surface area contributed by atoms with E-state index in [1.165, 1.54) is 0 Å². The van der Waals surface area contributed by atoms with Gasteiger partial charge in [0.2, 0.25) is 0 Å². The Morgan fingerprint density at radius 1 is 0.895 bits per heavy atom. The molecule has 1 aromatic rings. The van der Waals surface area contributed by atoms with E-state index in [1.807, 2.05) is 18.2 Å². The summed E-state index contributed by atoms with van der Waals surface area (Å²) in [6, 6.07) is 9.13. The molecule has 1 radical (unpaired) electrons. The number of benzene rings is 1. The minimum Gasteiger partial charge on any atom is -0.352 e. The van der Waals surface area contributed by atoms with Crippen LogP contribution in [0, 0.1) is 0 Å². The molecule has 0 aromatic heterocycles. The van der Waals surface area contributed by atoms with Gasteiger partial charge in [-0.1, -0.05) is 37.5 Å². The minimum absolute atomic E-state index is 0.0439. The SMILES string of the molecule is [O]C(=O)CCCCCCCNC(=O)c1ccccc1. The zero-order chi connectivity index (χ0) is 13.9. The molecule has 1 rings (SSSR count). The number of hydrogen-bond acceptors (Lipinski definition) is 2. The third-order valence-corrected chi connectivity index (χ3v) is 2.88. The molecule has 0 aliphatic carbocycles. The highest BCUT2D eigenvalue weighted by atomic mass is 16.4. The Kier molecular flexibility index (Phi) is 7.32. The smallest absolute Gasteiger partial charge is 0.352 e. The molecule has 1 N–H and O–H groups in total. The first-order valence-electron chi connectivity index (χ1n) is 6.73. The summed E-state index contributed by atoms with van der Waals surface area (Å²) in [4.78, 5) is 21.9. The van der Waals surface area contributed by atoms with Gasteiger partial charge in [-0.3, -0.25) is 4.79 Å². The topological polar surface area (TPSA) is 66.1 Å². The van der Waals surface area contributed by atoms with Crippen molar-refractivity contribution in [1.82, 2.24) is 5.32 Å². The molecule has 0 fully saturated rings. The van der Waals surface area contributed by atoms with Crippen molar-refractivity contribution in [3.05, 3.63) is 35.9 Å². The van der Waals surface area contributed by atoms with Gasteiger partial charge in [-0.05, 0) is 25.0 Å². The molecule has 0 unspecified atom stereocenters. The Morgan fingerprint density at radius 2 is 1.53 bits per heavy atom. The van der Waals surface area contributed by atoms with E-state index in [2.05, 4.69) is 5.32 Å². The van der Waals surface area contributed by atoms with E-state index in [1.54, 1.807) is 12.1 Å². The van der Waals surface area contributed by atoms with Gasteiger partial charge in [0.25, 0.3) is 5.91 Å². The average Bonchev–Trinajstić information content (AvgIpc) is 2.42. The maximum Gasteiger partial charge on any atom is 0.355 e. The van der Waals surface area contributed by atoms with Crippen molar-refractivity contribution >= 4 is 11.9 Å². The van der Waals surface area contributed by atoms with Crippen LogP contribution < -0.4 is 5.32 Å². The highest BCUT2D eigenvalue weighted by molar-refractivity contribution is 5.94. The Morgan fingerprint density at radius 3 is 2.21 bits per heavy atom. The summed E-state index contributed by atoms with van der Waals surface area (Å²) in [6.07, 6.45) is 4.64. The molecule has 4 nitrogen and oxygen atoms in total. The Hall–Kier alpha value is -1.84. The van der Waals surface area contributed by atoms with Crippen LogP contribution in [0.15, 0.2) is 30.3 Å². The highest BCUT2D eigenvalue weighted by Crippen LogP contribution is 2.05. The summed E-state index contributed by atoms with van der Waals surface area (Å²) < 4.78 is 0. The summed E-state index contributed by atoms with van der Waals surface area (Å²) in [5, 5.41) is 13.1. The van der Waals surface area contributed by atoms with Crippen LogP contribution >= 0.6 is 0 Å². The number of carbonyl (C=O) groups is 2. The van der Waals surface area contributed by atoms with Gasteiger partial charge in [-0.15, -0.1) is 0 Å². The molecule has 1 aromatic carbocycles. The average molecular weight is 262 g/mol. The van der Waals surface area contributed by atoms with Crippen molar-refractivity contribution in [1.29, 1.82) is 0 Å². The molecule has 19 heavy (non-hydrogen) atoms. The fourth-order valence-corrected chi connectivity index (χ4v) is 1.82. The van der Waals surface area contributed by atoms with Crippen LogP contribution in [0.3, 0.4) is 0 Å². The maximum atomic E-state index is 11.7. The van der Waals surface area contributed by atoms with Crippen LogP contribution in [0.2, 0.25) is 0 Å². The molecule has 0 bridgehead atoms. The lowest BCUT2D eigenvalue weighted by atomic mass is 10.1. The van der Waals surface area contributed by atoms with Crippen LogP contribution in [0.25, 0.3) is 0 Å². The third-order valence-electron chi connectivity index (χ3n) is 2.88. The van der Waals surface area contributed by atoms with E-state index in [-0.39, 0.29) is 12.3 Å². The molecular formula is C15H20NO3. The van der Waals surface area contributed by atoms with Crippen molar-refractivity contribution in [3.63, 3.8) is 0 Å². The Bertz CT molecular complexity index is 390. The molecule has 0 aliphatic rings. The van der Waals surface area contributed by atoms with Gasteiger partial charge in [-0.25, -0.2) is 9.90 Å². The lowest BCUT2D eigenvalue weighted by molar-refractivity contribution is -0.143. The fraction of sp³-hybridized carbons (Fsp3) is 0.467. The lowest BCUT2D eigenvalue weighted by Crippen LogP contribution is -2.24. The molecule has 4 heteroatoms. The fourth-order valence-electron chi connectivity index (χ4n) is 1.82. The summed E-state index contributed by atoms with van der Waals surface area (Å²) in [5.74, 6) is -1.02. The molecular weight excluding hydrogens is 242 g/mol. The van der Waals surface area contributed by atoms with E-state index in [0.29, 0.717) is 18.5 Å². The maximum absolute atomic E-state index is 11.7. The molecule has 0 spiro atoms. The number of nitrogens with one attached hydrogen (secondary N) is 1. The summed E-state index contributed by atoms with van der Waals surface area (Å²) in [7, 11) is 0. The van der Waals surface area contributed by atoms with E-state index < -0.39 is 5.97 Å². The van der Waals surface area contributed by atoms with Gasteiger partial charge in [0, 0.05) is 12.1 Å². The van der Waals surface area contributed by atoms with E-state index >= 15 is 0 Å². The predicted molar refractivity (Wildman–Crippen MR) is 72.2 cm³/mol. The summed E-state index contributed by atoms with van der Waals surface area (Å²) >= 11 is 0. The van der Waals surface area contributed by atoms with E-state index in [9.17, 15) is 14.7 Å². The number of rotatable bonds is 9. The van der Waals surface area contributed by atoms with Crippen LogP contribution in [-0.2, 0) is 9.90 Å². The van der Waals surface area contributed by atoms with Crippen molar-refractivity contribution in [3.8, 4) is 0 Å². The van der Waals surface area contributed by atoms with Crippen LogP contribution in [0.5, 0.6) is 0 Å². The largest absolute Gasteiger partial charge is 0.355 e. The molecule has 0 aliphatic heterocycles. The zero-order valence-electron chi connectivity index (χ0n) is 11.1. The van der Waals surface area contributed by atoms with Crippen LogP contribution in [0.4, 0.5) is 0 Å². The second-order valence-corrected chi connectivity index (χ2v) is 4.51. The Labute approximate surface area is 113 Å². The molecule has 0 atom stereocenters. The van der Waals surface area contributed by atoms with Gasteiger partial charge < -0.3 is 5.32 Å². The van der Waals surface area contributed by atoms with Crippen molar-refractivity contribution in [2.24, 2.45) is 0 Å². The minimum atomic E-state index is -0.977. The zero-order valence-corrected chi connectivity index (χ0v) is 11.1. The number of unbranched alkanes of at least 4 members (excludes halogenated alkanes) is 4. The van der Waals surface area contributed by atoms with Gasteiger partial charge in [0.1, 0.15) is 0 Å². The third kappa shape index (κ3) is 7.24. The van der Waals surface area contributed by atoms with Gasteiger partial charge in [0.05, 0.1) is 6.42 Å². The second-order valence-electron chi connectivity index (χ2n) is 4.51. The summed E-state index contributed by atoms with van der Waals surface area (Å²) in [5.41, 5.74) is 0.677. The number of amides is 1. The Balaban J connectivity index is 1.99. The number of hydrogen-bond donors (Lipinski definition) is 1. The standard InChI is InChI=1S/C15H20NO3/c17-14(18)11-7-2-1-3-8-12-16-15(19)13-9-5-4-6-10-13/h4-6,9-10H,1-3,7-8,11-12H2,(H,16,19). The van der Waals surface area contributed by atoms with Gasteiger partial charge in [-0.2, -0.15) is 0 Å². The second kappa shape index (κ2) is 9.14. The normalized spacial score (nSPS) is 10.1. The molecule has 0 heterocycles. The van der Waals surface area contributed by atoms with Crippen molar-refractivity contribution < 1.29 is 14.7 Å². The first-order valence-corrected chi connectivity index (χ1v) is 6.73. The van der Waals surface area contributed by atoms with Crippen molar-refractivity contribution in [2.45, 2.75) is 38.5 Å². The van der Waals surface area contributed by atoms with Crippen LogP contribution in [-0.4, -0.2) is 18.4 Å². The van der Waals surface area contributed by atoms with Crippen molar-refractivity contribution in [2.75, 3.05) is 6.54 Å². The van der Waals surface area contributed by atoms with E-state index in [0.717, 1.165) is 25.7 Å². The monoisotopic (exact) mass is 262 g/mol. The molecule has 1 amide bonds. The first-order chi connectivity index (χ1) is 9.20. The quantitative estimate of drug-likeness (QED) is 0.695. The lowest BCUT2D eigenvalue weighted by Gasteiger charge is -2.04. The highest BCUT2D eigenvalue weighted by Gasteiger charge is 2.02. The molecule has 0 saturated carbocycles. The van der Waals surface area contributed by atoms with Crippen LogP contribution in [0.1, 0.15) is 48.9 Å². The van der Waals surface area contributed by atoms with Gasteiger partial charge in [0.15, 0.2) is 0 Å². The molecule has 103 valence electrons. The summed E-state index contributed by atoms with van der Waals surface area (Å²) in [6.45, 7) is 0.661. The predicted octanol–water partition coefficient (Wildman–Crippen LogP) is 2.71.